The number of nitrogens with zero attached hydrogens (tertiary/aromatic N) is 1. The van der Waals surface area contributed by atoms with Crippen molar-refractivity contribution in [1.29, 1.82) is 0 Å². The number of rotatable bonds is 4. The van der Waals surface area contributed by atoms with Gasteiger partial charge in [-0.3, -0.25) is 16.3 Å². The standard InChI is InChI=1S/C14H16FN3/c1-10-9-17-6-5-13(10)14(18-16)8-11-3-2-4-12(15)7-11/h2-7,9,14,18H,8,16H2,1H3. The van der Waals surface area contributed by atoms with Crippen molar-refractivity contribution >= 4 is 0 Å². The topological polar surface area (TPSA) is 50.9 Å². The Balaban J connectivity index is 2.23. The molecule has 0 radical (unpaired) electrons. The van der Waals surface area contributed by atoms with Crippen LogP contribution in [0.3, 0.4) is 0 Å². The van der Waals surface area contributed by atoms with Gasteiger partial charge >= 0.3 is 0 Å². The van der Waals surface area contributed by atoms with Gasteiger partial charge in [-0.25, -0.2) is 4.39 Å². The first kappa shape index (κ1) is 12.7. The summed E-state index contributed by atoms with van der Waals surface area (Å²) in [4.78, 5) is 4.05. The van der Waals surface area contributed by atoms with Gasteiger partial charge in [0.05, 0.1) is 6.04 Å². The van der Waals surface area contributed by atoms with Crippen LogP contribution in [0.1, 0.15) is 22.7 Å². The maximum atomic E-state index is 13.1. The fourth-order valence-electron chi connectivity index (χ4n) is 2.03. The molecule has 0 aliphatic heterocycles. The second-order valence-corrected chi connectivity index (χ2v) is 4.29. The number of hydrogen-bond donors (Lipinski definition) is 2. The lowest BCUT2D eigenvalue weighted by Gasteiger charge is -2.18. The second-order valence-electron chi connectivity index (χ2n) is 4.29. The number of hydrogen-bond acceptors (Lipinski definition) is 3. The molecule has 1 heterocycles. The van der Waals surface area contributed by atoms with Crippen molar-refractivity contribution in [3.63, 3.8) is 0 Å². The Morgan fingerprint density at radius 1 is 1.39 bits per heavy atom. The molecular formula is C14H16FN3. The quantitative estimate of drug-likeness (QED) is 0.642. The lowest BCUT2D eigenvalue weighted by molar-refractivity contribution is 0.545. The van der Waals surface area contributed by atoms with Crippen LogP contribution in [-0.2, 0) is 6.42 Å². The number of aryl methyl sites for hydroxylation is 1. The molecule has 1 atom stereocenters. The van der Waals surface area contributed by atoms with Crippen molar-refractivity contribution in [2.45, 2.75) is 19.4 Å². The maximum Gasteiger partial charge on any atom is 0.123 e. The molecule has 94 valence electrons. The summed E-state index contributed by atoms with van der Waals surface area (Å²) >= 11 is 0. The van der Waals surface area contributed by atoms with E-state index in [-0.39, 0.29) is 11.9 Å². The molecule has 2 rings (SSSR count). The average molecular weight is 245 g/mol. The first-order valence-corrected chi connectivity index (χ1v) is 5.82. The van der Waals surface area contributed by atoms with Crippen LogP contribution in [0.25, 0.3) is 0 Å². The molecule has 0 bridgehead atoms. The number of pyridine rings is 1. The molecule has 0 saturated carbocycles. The minimum atomic E-state index is -0.227. The minimum absolute atomic E-state index is 0.0465. The predicted molar refractivity (Wildman–Crippen MR) is 69.1 cm³/mol. The third kappa shape index (κ3) is 2.91. The van der Waals surface area contributed by atoms with Crippen LogP contribution >= 0.6 is 0 Å². The summed E-state index contributed by atoms with van der Waals surface area (Å²) in [5, 5.41) is 0. The van der Waals surface area contributed by atoms with Crippen molar-refractivity contribution < 1.29 is 4.39 Å². The minimum Gasteiger partial charge on any atom is -0.271 e. The summed E-state index contributed by atoms with van der Waals surface area (Å²) in [6.07, 6.45) is 4.17. The van der Waals surface area contributed by atoms with Crippen molar-refractivity contribution in [1.82, 2.24) is 10.4 Å². The van der Waals surface area contributed by atoms with Crippen LogP contribution < -0.4 is 11.3 Å². The third-order valence-corrected chi connectivity index (χ3v) is 2.97. The number of hydrazine groups is 1. The molecule has 0 aliphatic carbocycles. The fraction of sp³-hybridized carbons (Fsp3) is 0.214. The fourth-order valence-corrected chi connectivity index (χ4v) is 2.03. The van der Waals surface area contributed by atoms with E-state index in [4.69, 9.17) is 5.84 Å². The summed E-state index contributed by atoms with van der Waals surface area (Å²) in [6, 6.07) is 8.45. The molecule has 3 nitrogen and oxygen atoms in total. The van der Waals surface area contributed by atoms with Crippen LogP contribution in [0.5, 0.6) is 0 Å². The van der Waals surface area contributed by atoms with E-state index in [0.717, 1.165) is 16.7 Å². The summed E-state index contributed by atoms with van der Waals surface area (Å²) in [7, 11) is 0. The van der Waals surface area contributed by atoms with E-state index >= 15 is 0 Å². The van der Waals surface area contributed by atoms with Gasteiger partial charge in [-0.05, 0) is 48.2 Å². The average Bonchev–Trinajstić information content (AvgIpc) is 2.37. The van der Waals surface area contributed by atoms with Crippen molar-refractivity contribution in [3.8, 4) is 0 Å². The van der Waals surface area contributed by atoms with Crippen LogP contribution in [0.15, 0.2) is 42.7 Å². The lowest BCUT2D eigenvalue weighted by Crippen LogP contribution is -2.30. The molecule has 1 aromatic carbocycles. The summed E-state index contributed by atoms with van der Waals surface area (Å²) < 4.78 is 13.1. The van der Waals surface area contributed by atoms with Gasteiger partial charge in [0.1, 0.15) is 5.82 Å². The third-order valence-electron chi connectivity index (χ3n) is 2.97. The van der Waals surface area contributed by atoms with Gasteiger partial charge in [0.2, 0.25) is 0 Å². The van der Waals surface area contributed by atoms with E-state index in [9.17, 15) is 4.39 Å². The highest BCUT2D eigenvalue weighted by molar-refractivity contribution is 5.28. The van der Waals surface area contributed by atoms with E-state index in [1.165, 1.54) is 12.1 Å². The molecule has 1 unspecified atom stereocenters. The van der Waals surface area contributed by atoms with E-state index in [1.807, 2.05) is 19.1 Å². The van der Waals surface area contributed by atoms with Gasteiger partial charge in [-0.15, -0.1) is 0 Å². The molecule has 0 saturated heterocycles. The van der Waals surface area contributed by atoms with Gasteiger partial charge < -0.3 is 0 Å². The normalized spacial score (nSPS) is 12.4. The van der Waals surface area contributed by atoms with Crippen LogP contribution in [0.2, 0.25) is 0 Å². The zero-order chi connectivity index (χ0) is 13.0. The van der Waals surface area contributed by atoms with Gasteiger partial charge in [0, 0.05) is 12.4 Å². The molecule has 2 aromatic rings. The zero-order valence-corrected chi connectivity index (χ0v) is 10.2. The summed E-state index contributed by atoms with van der Waals surface area (Å²) in [5.41, 5.74) is 5.84. The first-order valence-electron chi connectivity index (χ1n) is 5.82. The Morgan fingerprint density at radius 3 is 2.89 bits per heavy atom. The number of halogens is 1. The lowest BCUT2D eigenvalue weighted by atomic mass is 9.97. The Kier molecular flexibility index (Phi) is 4.02. The summed E-state index contributed by atoms with van der Waals surface area (Å²) in [6.45, 7) is 1.98. The molecule has 1 aromatic heterocycles. The van der Waals surface area contributed by atoms with E-state index in [2.05, 4.69) is 10.4 Å². The Labute approximate surface area is 106 Å². The number of benzene rings is 1. The Hall–Kier alpha value is -1.78. The van der Waals surface area contributed by atoms with E-state index in [0.29, 0.717) is 6.42 Å². The van der Waals surface area contributed by atoms with Crippen molar-refractivity contribution in [3.05, 3.63) is 65.2 Å². The molecule has 18 heavy (non-hydrogen) atoms. The van der Waals surface area contributed by atoms with Crippen molar-refractivity contribution in [2.24, 2.45) is 5.84 Å². The molecule has 0 fully saturated rings. The Bertz CT molecular complexity index is 528. The largest absolute Gasteiger partial charge is 0.271 e. The molecular weight excluding hydrogens is 229 g/mol. The highest BCUT2D eigenvalue weighted by Crippen LogP contribution is 2.20. The van der Waals surface area contributed by atoms with Crippen LogP contribution in [-0.4, -0.2) is 4.98 Å². The van der Waals surface area contributed by atoms with E-state index < -0.39 is 0 Å². The second kappa shape index (κ2) is 5.71. The highest BCUT2D eigenvalue weighted by Gasteiger charge is 2.13. The van der Waals surface area contributed by atoms with Crippen LogP contribution in [0.4, 0.5) is 4.39 Å². The van der Waals surface area contributed by atoms with Gasteiger partial charge in [-0.1, -0.05) is 12.1 Å². The molecule has 3 N–H and O–H groups in total. The number of aromatic nitrogens is 1. The molecule has 0 aliphatic rings. The SMILES string of the molecule is Cc1cnccc1C(Cc1cccc(F)c1)NN. The maximum absolute atomic E-state index is 13.1. The Morgan fingerprint density at radius 2 is 2.22 bits per heavy atom. The predicted octanol–water partition coefficient (Wildman–Crippen LogP) is 2.28. The first-order chi connectivity index (χ1) is 8.70. The molecule has 4 heteroatoms. The number of nitrogens with one attached hydrogen (secondary N) is 1. The smallest absolute Gasteiger partial charge is 0.123 e. The van der Waals surface area contributed by atoms with Crippen LogP contribution in [0, 0.1) is 12.7 Å². The van der Waals surface area contributed by atoms with E-state index in [1.54, 1.807) is 18.5 Å². The monoisotopic (exact) mass is 245 g/mol. The highest BCUT2D eigenvalue weighted by atomic mass is 19.1. The van der Waals surface area contributed by atoms with Gasteiger partial charge in [0.25, 0.3) is 0 Å². The number of nitrogens with two attached hydrogens (primary N) is 1. The van der Waals surface area contributed by atoms with Crippen molar-refractivity contribution in [2.75, 3.05) is 0 Å². The van der Waals surface area contributed by atoms with Gasteiger partial charge in [-0.2, -0.15) is 0 Å². The molecule has 0 amide bonds. The van der Waals surface area contributed by atoms with Gasteiger partial charge in [0.15, 0.2) is 0 Å². The summed E-state index contributed by atoms with van der Waals surface area (Å²) in [5.74, 6) is 5.37. The zero-order valence-electron chi connectivity index (χ0n) is 10.2. The molecule has 0 spiro atoms.